The van der Waals surface area contributed by atoms with Gasteiger partial charge in [0.25, 0.3) is 5.91 Å². The Bertz CT molecular complexity index is 419. The summed E-state index contributed by atoms with van der Waals surface area (Å²) < 4.78 is 0. The Kier molecular flexibility index (Phi) is 4.59. The molecule has 104 valence electrons. The maximum Gasteiger partial charge on any atom is 0.254 e. The Hall–Kier alpha value is -1.35. The average molecular weight is 260 g/mol. The number of hydrogen-bond donors (Lipinski definition) is 1. The van der Waals surface area contributed by atoms with Gasteiger partial charge in [0.05, 0.1) is 0 Å². The molecule has 1 aromatic carbocycles. The Morgan fingerprint density at radius 1 is 1.37 bits per heavy atom. The third kappa shape index (κ3) is 3.16. The summed E-state index contributed by atoms with van der Waals surface area (Å²) in [5.41, 5.74) is 2.08. The number of benzene rings is 1. The molecule has 3 nitrogen and oxygen atoms in total. The number of carbonyl (C=O) groups excluding carboxylic acids is 1. The Balaban J connectivity index is 2.12. The topological polar surface area (TPSA) is 32.3 Å². The molecule has 3 heteroatoms. The molecule has 1 aliphatic heterocycles. The SMILES string of the molecule is CCN(C(=O)c1ccc(C(C)C)cc1)C1CCNC1. The van der Waals surface area contributed by atoms with E-state index in [0.29, 0.717) is 12.0 Å². The van der Waals surface area contributed by atoms with Crippen LogP contribution in [0, 0.1) is 0 Å². The van der Waals surface area contributed by atoms with Gasteiger partial charge in [-0.15, -0.1) is 0 Å². The molecule has 19 heavy (non-hydrogen) atoms. The van der Waals surface area contributed by atoms with Crippen molar-refractivity contribution in [1.82, 2.24) is 10.2 Å². The summed E-state index contributed by atoms with van der Waals surface area (Å²) in [6.45, 7) is 9.10. The summed E-state index contributed by atoms with van der Waals surface area (Å²) in [5.74, 6) is 0.664. The van der Waals surface area contributed by atoms with Crippen molar-refractivity contribution in [3.8, 4) is 0 Å². The van der Waals surface area contributed by atoms with Gasteiger partial charge in [0.1, 0.15) is 0 Å². The molecule has 1 amide bonds. The summed E-state index contributed by atoms with van der Waals surface area (Å²) in [7, 11) is 0. The number of carbonyl (C=O) groups is 1. The van der Waals surface area contributed by atoms with Gasteiger partial charge in [0.15, 0.2) is 0 Å². The molecule has 0 radical (unpaired) electrons. The van der Waals surface area contributed by atoms with E-state index < -0.39 is 0 Å². The third-order valence-electron chi connectivity index (χ3n) is 3.90. The summed E-state index contributed by atoms with van der Waals surface area (Å²) in [6.07, 6.45) is 1.06. The predicted octanol–water partition coefficient (Wildman–Crippen LogP) is 2.63. The second-order valence-electron chi connectivity index (χ2n) is 5.51. The summed E-state index contributed by atoms with van der Waals surface area (Å²) >= 11 is 0. The quantitative estimate of drug-likeness (QED) is 0.902. The first-order chi connectivity index (χ1) is 9.13. The van der Waals surface area contributed by atoms with Crippen molar-refractivity contribution in [2.24, 2.45) is 0 Å². The molecule has 1 aliphatic rings. The van der Waals surface area contributed by atoms with Crippen LogP contribution < -0.4 is 5.32 Å². The lowest BCUT2D eigenvalue weighted by molar-refractivity contribution is 0.0704. The highest BCUT2D eigenvalue weighted by Gasteiger charge is 2.25. The predicted molar refractivity (Wildman–Crippen MR) is 78.5 cm³/mol. The zero-order valence-electron chi connectivity index (χ0n) is 12.1. The number of nitrogens with zero attached hydrogens (tertiary/aromatic N) is 1. The van der Waals surface area contributed by atoms with Crippen LogP contribution in [0.4, 0.5) is 0 Å². The third-order valence-corrected chi connectivity index (χ3v) is 3.90. The van der Waals surface area contributed by atoms with E-state index in [1.165, 1.54) is 5.56 Å². The highest BCUT2D eigenvalue weighted by atomic mass is 16.2. The van der Waals surface area contributed by atoms with E-state index in [0.717, 1.165) is 31.6 Å². The van der Waals surface area contributed by atoms with Crippen LogP contribution in [0.15, 0.2) is 24.3 Å². The standard InChI is InChI=1S/C16H24N2O/c1-4-18(15-9-10-17-11-15)16(19)14-7-5-13(6-8-14)12(2)3/h5-8,12,15,17H,4,9-11H2,1-3H3. The molecule has 1 fully saturated rings. The highest BCUT2D eigenvalue weighted by Crippen LogP contribution is 2.17. The average Bonchev–Trinajstić information content (AvgIpc) is 2.93. The van der Waals surface area contributed by atoms with E-state index in [1.54, 1.807) is 0 Å². The molecule has 1 saturated heterocycles. The first kappa shape index (κ1) is 14.1. The monoisotopic (exact) mass is 260 g/mol. The van der Waals surface area contributed by atoms with Gasteiger partial charge in [-0.3, -0.25) is 4.79 Å². The lowest BCUT2D eigenvalue weighted by Crippen LogP contribution is -2.41. The largest absolute Gasteiger partial charge is 0.335 e. The molecule has 1 N–H and O–H groups in total. The van der Waals surface area contributed by atoms with Gasteiger partial charge < -0.3 is 10.2 Å². The minimum atomic E-state index is 0.159. The molecular weight excluding hydrogens is 236 g/mol. The first-order valence-electron chi connectivity index (χ1n) is 7.25. The number of rotatable bonds is 4. The molecule has 0 bridgehead atoms. The van der Waals surface area contributed by atoms with Crippen LogP contribution in [-0.2, 0) is 0 Å². The number of hydrogen-bond acceptors (Lipinski definition) is 2. The fourth-order valence-electron chi connectivity index (χ4n) is 2.65. The van der Waals surface area contributed by atoms with Gasteiger partial charge in [-0.05, 0) is 43.5 Å². The normalized spacial score (nSPS) is 18.8. The maximum atomic E-state index is 12.5. The molecule has 2 rings (SSSR count). The van der Waals surface area contributed by atoms with E-state index >= 15 is 0 Å². The van der Waals surface area contributed by atoms with E-state index in [4.69, 9.17) is 0 Å². The molecule has 1 atom stereocenters. The van der Waals surface area contributed by atoms with Crippen molar-refractivity contribution < 1.29 is 4.79 Å². The molecule has 0 saturated carbocycles. The summed E-state index contributed by atoms with van der Waals surface area (Å²) in [4.78, 5) is 14.5. The van der Waals surface area contributed by atoms with Crippen molar-refractivity contribution in [2.45, 2.75) is 39.2 Å². The zero-order valence-corrected chi connectivity index (χ0v) is 12.1. The molecule has 1 unspecified atom stereocenters. The van der Waals surface area contributed by atoms with Crippen molar-refractivity contribution in [2.75, 3.05) is 19.6 Å². The van der Waals surface area contributed by atoms with Crippen LogP contribution in [0.2, 0.25) is 0 Å². The maximum absolute atomic E-state index is 12.5. The van der Waals surface area contributed by atoms with E-state index in [2.05, 4.69) is 38.2 Å². The van der Waals surface area contributed by atoms with E-state index in [-0.39, 0.29) is 5.91 Å². The fraction of sp³-hybridized carbons (Fsp3) is 0.562. The van der Waals surface area contributed by atoms with Gasteiger partial charge in [-0.1, -0.05) is 26.0 Å². The van der Waals surface area contributed by atoms with Gasteiger partial charge in [0.2, 0.25) is 0 Å². The second kappa shape index (κ2) is 6.20. The number of nitrogens with one attached hydrogen (secondary N) is 1. The summed E-state index contributed by atoms with van der Waals surface area (Å²) in [5, 5.41) is 3.32. The molecule has 0 aromatic heterocycles. The number of likely N-dealkylation sites (N-methyl/N-ethyl adjacent to an activating group) is 1. The van der Waals surface area contributed by atoms with Crippen LogP contribution in [0.3, 0.4) is 0 Å². The number of amides is 1. The van der Waals surface area contributed by atoms with Gasteiger partial charge >= 0.3 is 0 Å². The lowest BCUT2D eigenvalue weighted by Gasteiger charge is -2.27. The second-order valence-corrected chi connectivity index (χ2v) is 5.51. The first-order valence-corrected chi connectivity index (χ1v) is 7.25. The minimum Gasteiger partial charge on any atom is -0.335 e. The van der Waals surface area contributed by atoms with Crippen molar-refractivity contribution in [1.29, 1.82) is 0 Å². The fourth-order valence-corrected chi connectivity index (χ4v) is 2.65. The van der Waals surface area contributed by atoms with E-state index in [1.807, 2.05) is 17.0 Å². The molecule has 0 spiro atoms. The molecule has 1 heterocycles. The van der Waals surface area contributed by atoms with Gasteiger partial charge in [-0.25, -0.2) is 0 Å². The van der Waals surface area contributed by atoms with Gasteiger partial charge in [-0.2, -0.15) is 0 Å². The Morgan fingerprint density at radius 3 is 2.53 bits per heavy atom. The van der Waals surface area contributed by atoms with Crippen LogP contribution in [0.25, 0.3) is 0 Å². The van der Waals surface area contributed by atoms with Crippen LogP contribution >= 0.6 is 0 Å². The molecular formula is C16H24N2O. The Labute approximate surface area is 116 Å². The smallest absolute Gasteiger partial charge is 0.254 e. The zero-order chi connectivity index (χ0) is 13.8. The highest BCUT2D eigenvalue weighted by molar-refractivity contribution is 5.94. The minimum absolute atomic E-state index is 0.159. The van der Waals surface area contributed by atoms with E-state index in [9.17, 15) is 4.79 Å². The van der Waals surface area contributed by atoms with Gasteiger partial charge in [0, 0.05) is 24.7 Å². The van der Waals surface area contributed by atoms with Crippen LogP contribution in [0.5, 0.6) is 0 Å². The lowest BCUT2D eigenvalue weighted by atomic mass is 10.0. The summed E-state index contributed by atoms with van der Waals surface area (Å²) in [6, 6.07) is 8.41. The van der Waals surface area contributed by atoms with Crippen molar-refractivity contribution in [3.63, 3.8) is 0 Å². The van der Waals surface area contributed by atoms with Crippen molar-refractivity contribution in [3.05, 3.63) is 35.4 Å². The van der Waals surface area contributed by atoms with Crippen molar-refractivity contribution >= 4 is 5.91 Å². The Morgan fingerprint density at radius 2 is 2.05 bits per heavy atom. The molecule has 0 aliphatic carbocycles. The van der Waals surface area contributed by atoms with Crippen LogP contribution in [-0.4, -0.2) is 36.5 Å². The van der Waals surface area contributed by atoms with Crippen LogP contribution in [0.1, 0.15) is 49.0 Å². The molecule has 1 aromatic rings.